The highest BCUT2D eigenvalue weighted by Crippen LogP contribution is 2.22. The summed E-state index contributed by atoms with van der Waals surface area (Å²) in [5.74, 6) is -1.11. The number of carbonyl (C=O) groups is 2. The second-order valence-corrected chi connectivity index (χ2v) is 8.35. The summed E-state index contributed by atoms with van der Waals surface area (Å²) in [6, 6.07) is 10.3. The van der Waals surface area contributed by atoms with Crippen LogP contribution in [0.15, 0.2) is 47.4 Å². The lowest BCUT2D eigenvalue weighted by Crippen LogP contribution is -2.38. The summed E-state index contributed by atoms with van der Waals surface area (Å²) in [7, 11) is -2.50. The van der Waals surface area contributed by atoms with E-state index in [1.807, 2.05) is 6.07 Å². The van der Waals surface area contributed by atoms with Gasteiger partial charge >= 0.3 is 16.1 Å². The van der Waals surface area contributed by atoms with E-state index in [1.165, 1.54) is 37.4 Å². The largest absolute Gasteiger partial charge is 0.452 e. The minimum atomic E-state index is -4.02. The van der Waals surface area contributed by atoms with Crippen molar-refractivity contribution in [3.8, 4) is 5.75 Å². The van der Waals surface area contributed by atoms with Crippen LogP contribution in [0.2, 0.25) is 0 Å². The third-order valence-electron chi connectivity index (χ3n) is 4.07. The maximum absolute atomic E-state index is 12.5. The second kappa shape index (κ2) is 10.2. The van der Waals surface area contributed by atoms with Crippen LogP contribution in [0.3, 0.4) is 0 Å². The third kappa shape index (κ3) is 6.57. The van der Waals surface area contributed by atoms with E-state index in [1.54, 1.807) is 26.8 Å². The first-order chi connectivity index (χ1) is 14.1. The Bertz CT molecular complexity index is 1000. The van der Waals surface area contributed by atoms with Crippen LogP contribution in [0.4, 0.5) is 0 Å². The molecule has 1 unspecified atom stereocenters. The molecule has 0 aliphatic heterocycles. The second-order valence-electron chi connectivity index (χ2n) is 6.83. The topological polar surface area (TPSA) is 108 Å². The first-order valence-corrected chi connectivity index (χ1v) is 10.6. The van der Waals surface area contributed by atoms with Crippen LogP contribution in [-0.4, -0.2) is 46.7 Å². The van der Waals surface area contributed by atoms with Crippen molar-refractivity contribution in [2.75, 3.05) is 20.3 Å². The molecule has 0 spiro atoms. The minimum absolute atomic E-state index is 0.0542. The summed E-state index contributed by atoms with van der Waals surface area (Å²) in [6.45, 7) is 5.13. The molecule has 2 aromatic rings. The van der Waals surface area contributed by atoms with Gasteiger partial charge in [0.2, 0.25) is 0 Å². The number of aryl methyl sites for hydroxylation is 2. The molecule has 1 atom stereocenters. The lowest BCUT2D eigenvalue weighted by molar-refractivity contribution is -0.125. The Kier molecular flexibility index (Phi) is 7.96. The molecule has 0 heterocycles. The van der Waals surface area contributed by atoms with Crippen LogP contribution in [0.25, 0.3) is 0 Å². The lowest BCUT2D eigenvalue weighted by atomic mass is 10.2. The van der Waals surface area contributed by atoms with Crippen molar-refractivity contribution in [2.24, 2.45) is 0 Å². The van der Waals surface area contributed by atoms with Crippen molar-refractivity contribution in [1.29, 1.82) is 0 Å². The summed E-state index contributed by atoms with van der Waals surface area (Å²) in [5.41, 5.74) is 1.52. The summed E-state index contributed by atoms with van der Waals surface area (Å²) < 4.78 is 40.1. The molecule has 8 nitrogen and oxygen atoms in total. The Balaban J connectivity index is 1.98. The van der Waals surface area contributed by atoms with Gasteiger partial charge in [-0.25, -0.2) is 4.79 Å². The van der Waals surface area contributed by atoms with Gasteiger partial charge in [0.05, 0.1) is 12.2 Å². The van der Waals surface area contributed by atoms with Crippen molar-refractivity contribution >= 4 is 22.0 Å². The number of ether oxygens (including phenoxy) is 2. The molecule has 0 radical (unpaired) electrons. The summed E-state index contributed by atoms with van der Waals surface area (Å²) in [5, 5.41) is 2.62. The van der Waals surface area contributed by atoms with Gasteiger partial charge in [-0.1, -0.05) is 12.1 Å². The quantitative estimate of drug-likeness (QED) is 0.476. The van der Waals surface area contributed by atoms with Gasteiger partial charge in [0.1, 0.15) is 10.6 Å². The molecule has 0 saturated heterocycles. The number of amides is 1. The fourth-order valence-corrected chi connectivity index (χ4v) is 3.86. The average Bonchev–Trinajstić information content (AvgIpc) is 2.68. The van der Waals surface area contributed by atoms with Crippen LogP contribution in [0, 0.1) is 13.8 Å². The van der Waals surface area contributed by atoms with Crippen LogP contribution >= 0.6 is 0 Å². The Labute approximate surface area is 176 Å². The molecule has 162 valence electrons. The zero-order chi connectivity index (χ0) is 22.3. The highest BCUT2D eigenvalue weighted by molar-refractivity contribution is 7.87. The molecular formula is C21H25NO7S. The molecule has 0 aliphatic carbocycles. The van der Waals surface area contributed by atoms with Crippen molar-refractivity contribution in [2.45, 2.75) is 31.7 Å². The number of esters is 1. The van der Waals surface area contributed by atoms with Gasteiger partial charge in [-0.3, -0.25) is 4.79 Å². The van der Waals surface area contributed by atoms with E-state index in [4.69, 9.17) is 13.7 Å². The van der Waals surface area contributed by atoms with E-state index in [-0.39, 0.29) is 22.3 Å². The minimum Gasteiger partial charge on any atom is -0.452 e. The van der Waals surface area contributed by atoms with Gasteiger partial charge in [-0.2, -0.15) is 8.42 Å². The molecule has 1 N–H and O–H groups in total. The number of methoxy groups -OCH3 is 1. The molecule has 0 saturated carbocycles. The first kappa shape index (κ1) is 23.4. The maximum Gasteiger partial charge on any atom is 0.339 e. The molecule has 0 fully saturated rings. The summed E-state index contributed by atoms with van der Waals surface area (Å²) >= 11 is 0. The molecule has 0 aromatic heterocycles. The van der Waals surface area contributed by atoms with Gasteiger partial charge < -0.3 is 19.0 Å². The first-order valence-electron chi connectivity index (χ1n) is 9.19. The summed E-state index contributed by atoms with van der Waals surface area (Å²) in [4.78, 5) is 23.9. The molecule has 30 heavy (non-hydrogen) atoms. The number of rotatable bonds is 9. The number of nitrogens with one attached hydrogen (secondary N) is 1. The number of hydrogen-bond acceptors (Lipinski definition) is 7. The molecule has 9 heteroatoms. The number of hydrogen-bond donors (Lipinski definition) is 1. The van der Waals surface area contributed by atoms with Gasteiger partial charge in [0.15, 0.2) is 6.61 Å². The van der Waals surface area contributed by atoms with Crippen LogP contribution < -0.4 is 9.50 Å². The molecular weight excluding hydrogens is 410 g/mol. The van der Waals surface area contributed by atoms with Crippen molar-refractivity contribution in [1.82, 2.24) is 5.32 Å². The Morgan fingerprint density at radius 1 is 1.07 bits per heavy atom. The molecule has 2 aromatic carbocycles. The Hall–Kier alpha value is -2.91. The summed E-state index contributed by atoms with van der Waals surface area (Å²) in [6.07, 6.45) is 0. The fraction of sp³-hybridized carbons (Fsp3) is 0.333. The standard InChI is InChI=1S/C21H25NO7S/c1-14-5-6-15(2)19(11-14)30(25,26)29-18-9-7-17(8-10-18)21(24)28-13-20(23)22-16(3)12-27-4/h5-11,16H,12-13H2,1-4H3,(H,22,23). The smallest absolute Gasteiger partial charge is 0.339 e. The van der Waals surface area contributed by atoms with Crippen LogP contribution in [0.5, 0.6) is 5.75 Å². The fourth-order valence-electron chi connectivity index (χ4n) is 2.62. The predicted molar refractivity (Wildman–Crippen MR) is 110 cm³/mol. The Morgan fingerprint density at radius 2 is 1.73 bits per heavy atom. The van der Waals surface area contributed by atoms with Crippen molar-refractivity contribution < 1.29 is 31.7 Å². The zero-order valence-corrected chi connectivity index (χ0v) is 18.1. The number of benzene rings is 2. The lowest BCUT2D eigenvalue weighted by Gasteiger charge is -2.13. The van der Waals surface area contributed by atoms with Crippen LogP contribution in [0.1, 0.15) is 28.4 Å². The van der Waals surface area contributed by atoms with Gasteiger partial charge in [-0.05, 0) is 62.2 Å². The predicted octanol–water partition coefficient (Wildman–Crippen LogP) is 2.38. The van der Waals surface area contributed by atoms with E-state index in [9.17, 15) is 18.0 Å². The highest BCUT2D eigenvalue weighted by atomic mass is 32.2. The van der Waals surface area contributed by atoms with Crippen molar-refractivity contribution in [3.63, 3.8) is 0 Å². The van der Waals surface area contributed by atoms with E-state index < -0.39 is 28.6 Å². The van der Waals surface area contributed by atoms with E-state index in [0.29, 0.717) is 12.2 Å². The van der Waals surface area contributed by atoms with E-state index in [0.717, 1.165) is 5.56 Å². The van der Waals surface area contributed by atoms with Crippen molar-refractivity contribution in [3.05, 3.63) is 59.2 Å². The van der Waals surface area contributed by atoms with Crippen LogP contribution in [-0.2, 0) is 24.4 Å². The normalized spacial score (nSPS) is 12.1. The van der Waals surface area contributed by atoms with E-state index >= 15 is 0 Å². The Morgan fingerprint density at radius 3 is 2.37 bits per heavy atom. The number of carbonyl (C=O) groups excluding carboxylic acids is 2. The highest BCUT2D eigenvalue weighted by Gasteiger charge is 2.20. The zero-order valence-electron chi connectivity index (χ0n) is 17.3. The SMILES string of the molecule is COCC(C)NC(=O)COC(=O)c1ccc(OS(=O)(=O)c2cc(C)ccc2C)cc1. The van der Waals surface area contributed by atoms with Gasteiger partial charge in [0, 0.05) is 13.2 Å². The molecule has 2 rings (SSSR count). The molecule has 0 bridgehead atoms. The maximum atomic E-state index is 12.5. The molecule has 1 amide bonds. The molecule has 0 aliphatic rings. The van der Waals surface area contributed by atoms with Gasteiger partial charge in [-0.15, -0.1) is 0 Å². The monoisotopic (exact) mass is 435 g/mol. The average molecular weight is 435 g/mol. The van der Waals surface area contributed by atoms with Gasteiger partial charge in [0.25, 0.3) is 5.91 Å². The third-order valence-corrected chi connectivity index (χ3v) is 5.46. The van der Waals surface area contributed by atoms with E-state index in [2.05, 4.69) is 5.32 Å².